The predicted molar refractivity (Wildman–Crippen MR) is 127 cm³/mol. The number of carbonyl (C=O) groups is 1. The van der Waals surface area contributed by atoms with E-state index in [0.717, 1.165) is 43.0 Å². The molecule has 2 aromatic rings. The van der Waals surface area contributed by atoms with Crippen LogP contribution < -0.4 is 10.1 Å². The number of piperidine rings is 1. The van der Waals surface area contributed by atoms with E-state index in [4.69, 9.17) is 16.3 Å². The van der Waals surface area contributed by atoms with E-state index in [9.17, 15) is 15.0 Å². The summed E-state index contributed by atoms with van der Waals surface area (Å²) in [4.78, 5) is 15.6. The van der Waals surface area contributed by atoms with Crippen molar-refractivity contribution >= 4 is 17.5 Å². The van der Waals surface area contributed by atoms with Gasteiger partial charge in [0.25, 0.3) is 5.91 Å². The van der Waals surface area contributed by atoms with Crippen LogP contribution in [0.5, 0.6) is 11.5 Å². The van der Waals surface area contributed by atoms with E-state index >= 15 is 0 Å². The standard InChI is InChI=1S/C27H29ClN2O4/c28-18-6-3-16(4-7-18)25(32)29-19-9-10-27(33)21-13-17-5-8-20(31)23-22(17)26(27,24(19)34-23)11-12-30(21)14-15-1-2-15/h3-8,15,19,21,24,31,33H,1-2,9-14H2,(H,29,32)/t19-,21-,24+,26?,27-/m1/s1. The van der Waals surface area contributed by atoms with Gasteiger partial charge in [-0.1, -0.05) is 17.7 Å². The van der Waals surface area contributed by atoms with E-state index in [0.29, 0.717) is 29.2 Å². The van der Waals surface area contributed by atoms with Crippen LogP contribution in [0.15, 0.2) is 36.4 Å². The van der Waals surface area contributed by atoms with Crippen molar-refractivity contribution in [1.82, 2.24) is 10.2 Å². The average molecular weight is 481 g/mol. The SMILES string of the molecule is O=C(N[C@@H]1CC[C@@]2(O)[C@H]3Cc4ccc(O)c5c4C2(CCN3CC2CC2)[C@H]1O5)c1ccc(Cl)cc1. The lowest BCUT2D eigenvalue weighted by molar-refractivity contribution is -0.191. The van der Waals surface area contributed by atoms with Gasteiger partial charge in [0.2, 0.25) is 0 Å². The van der Waals surface area contributed by atoms with Crippen molar-refractivity contribution in [3.8, 4) is 11.5 Å². The Labute approximate surface area is 203 Å². The Morgan fingerprint density at radius 1 is 1.15 bits per heavy atom. The Hall–Kier alpha value is -2.28. The fourth-order valence-electron chi connectivity index (χ4n) is 7.48. The van der Waals surface area contributed by atoms with Gasteiger partial charge in [-0.15, -0.1) is 0 Å². The van der Waals surface area contributed by atoms with E-state index in [1.165, 1.54) is 12.8 Å². The third-order valence-corrected chi connectivity index (χ3v) is 9.44. The minimum atomic E-state index is -0.946. The molecule has 2 saturated carbocycles. The lowest BCUT2D eigenvalue weighted by Crippen LogP contribution is -2.78. The summed E-state index contributed by atoms with van der Waals surface area (Å²) in [5.41, 5.74) is 1.11. The molecule has 2 bridgehead atoms. The Morgan fingerprint density at radius 2 is 1.94 bits per heavy atom. The van der Waals surface area contributed by atoms with Gasteiger partial charge in [0.1, 0.15) is 6.10 Å². The van der Waals surface area contributed by atoms with Crippen LogP contribution in [-0.2, 0) is 11.8 Å². The third-order valence-electron chi connectivity index (χ3n) is 9.19. The van der Waals surface area contributed by atoms with Crippen LogP contribution in [0.1, 0.15) is 53.6 Å². The van der Waals surface area contributed by atoms with Crippen LogP contribution in [0.2, 0.25) is 5.02 Å². The van der Waals surface area contributed by atoms with Gasteiger partial charge in [0.15, 0.2) is 11.5 Å². The van der Waals surface area contributed by atoms with Crippen molar-refractivity contribution in [2.24, 2.45) is 5.92 Å². The summed E-state index contributed by atoms with van der Waals surface area (Å²) < 4.78 is 6.51. The van der Waals surface area contributed by atoms with Crippen LogP contribution >= 0.6 is 11.6 Å². The monoisotopic (exact) mass is 480 g/mol. The highest BCUT2D eigenvalue weighted by Gasteiger charge is 2.73. The number of nitrogens with zero attached hydrogens (tertiary/aromatic N) is 1. The third kappa shape index (κ3) is 2.73. The molecular weight excluding hydrogens is 452 g/mol. The minimum absolute atomic E-state index is 0.0314. The number of nitrogens with one attached hydrogen (secondary N) is 1. The molecule has 34 heavy (non-hydrogen) atoms. The number of rotatable bonds is 4. The normalized spacial score (nSPS) is 35.4. The van der Waals surface area contributed by atoms with Crippen LogP contribution in [-0.4, -0.2) is 57.9 Å². The molecule has 0 radical (unpaired) electrons. The second-order valence-corrected chi connectivity index (χ2v) is 11.4. The number of carbonyl (C=O) groups excluding carboxylic acids is 1. The number of phenols is 1. The smallest absolute Gasteiger partial charge is 0.251 e. The van der Waals surface area contributed by atoms with Crippen LogP contribution in [0.4, 0.5) is 0 Å². The predicted octanol–water partition coefficient (Wildman–Crippen LogP) is 3.41. The largest absolute Gasteiger partial charge is 0.504 e. The summed E-state index contributed by atoms with van der Waals surface area (Å²) in [6.07, 6.45) is 4.89. The van der Waals surface area contributed by atoms with Crippen molar-refractivity contribution in [2.75, 3.05) is 13.1 Å². The van der Waals surface area contributed by atoms with Crippen molar-refractivity contribution in [3.05, 3.63) is 58.1 Å². The summed E-state index contributed by atoms with van der Waals surface area (Å²) in [5.74, 6) is 1.19. The molecule has 2 heterocycles. The first-order valence-electron chi connectivity index (χ1n) is 12.5. The maximum absolute atomic E-state index is 13.1. The van der Waals surface area contributed by atoms with Crippen LogP contribution in [0.25, 0.3) is 0 Å². The molecule has 5 atom stereocenters. The second kappa shape index (κ2) is 7.12. The van der Waals surface area contributed by atoms with E-state index in [2.05, 4.69) is 10.2 Å². The van der Waals surface area contributed by atoms with Gasteiger partial charge in [-0.05, 0) is 86.9 Å². The molecule has 0 aromatic heterocycles. The minimum Gasteiger partial charge on any atom is -0.504 e. The maximum Gasteiger partial charge on any atom is 0.251 e. The molecule has 7 heteroatoms. The van der Waals surface area contributed by atoms with Gasteiger partial charge >= 0.3 is 0 Å². The molecule has 5 aliphatic rings. The number of amides is 1. The highest BCUT2D eigenvalue weighted by atomic mass is 35.5. The zero-order valence-corrected chi connectivity index (χ0v) is 19.7. The molecule has 6 nitrogen and oxygen atoms in total. The zero-order valence-electron chi connectivity index (χ0n) is 19.0. The highest BCUT2D eigenvalue weighted by molar-refractivity contribution is 6.30. The molecule has 7 rings (SSSR count). The fourth-order valence-corrected chi connectivity index (χ4v) is 7.61. The van der Waals surface area contributed by atoms with Gasteiger partial charge in [-0.3, -0.25) is 9.69 Å². The Bertz CT molecular complexity index is 1180. The number of aromatic hydroxyl groups is 1. The summed E-state index contributed by atoms with van der Waals surface area (Å²) in [6.45, 7) is 1.95. The summed E-state index contributed by atoms with van der Waals surface area (Å²) >= 11 is 6.00. The molecule has 178 valence electrons. The van der Waals surface area contributed by atoms with Crippen LogP contribution in [0, 0.1) is 5.92 Å². The Morgan fingerprint density at radius 3 is 2.71 bits per heavy atom. The Kier molecular flexibility index (Phi) is 4.41. The molecule has 1 unspecified atom stereocenters. The van der Waals surface area contributed by atoms with Gasteiger partial charge in [0, 0.05) is 28.7 Å². The molecule has 1 amide bonds. The summed E-state index contributed by atoms with van der Waals surface area (Å²) in [5, 5.41) is 27.0. The first-order chi connectivity index (χ1) is 16.4. The van der Waals surface area contributed by atoms with Crippen molar-refractivity contribution in [3.63, 3.8) is 0 Å². The maximum atomic E-state index is 13.1. The van der Waals surface area contributed by atoms with Gasteiger partial charge in [0.05, 0.1) is 17.1 Å². The molecule has 2 aromatic carbocycles. The zero-order chi connectivity index (χ0) is 23.2. The van der Waals surface area contributed by atoms with Crippen molar-refractivity contribution < 1.29 is 19.7 Å². The summed E-state index contributed by atoms with van der Waals surface area (Å²) in [7, 11) is 0. The average Bonchev–Trinajstić information content (AvgIpc) is 3.56. The fraction of sp³-hybridized carbons (Fsp3) is 0.519. The molecule has 3 fully saturated rings. The Balaban J connectivity index is 1.29. The van der Waals surface area contributed by atoms with Gasteiger partial charge < -0.3 is 20.3 Å². The number of aliphatic hydroxyl groups is 1. The number of likely N-dealkylation sites (tertiary alicyclic amines) is 1. The van der Waals surface area contributed by atoms with E-state index in [1.807, 2.05) is 6.07 Å². The molecular formula is C27H29ClN2O4. The lowest BCUT2D eigenvalue weighted by atomic mass is 9.48. The number of hydrogen-bond donors (Lipinski definition) is 3. The molecule has 3 N–H and O–H groups in total. The van der Waals surface area contributed by atoms with E-state index < -0.39 is 17.1 Å². The van der Waals surface area contributed by atoms with Gasteiger partial charge in [-0.25, -0.2) is 0 Å². The number of benzene rings is 2. The quantitative estimate of drug-likeness (QED) is 0.624. The second-order valence-electron chi connectivity index (χ2n) is 10.9. The number of phenolic OH excluding ortho intramolecular Hbond substituents is 1. The highest BCUT2D eigenvalue weighted by Crippen LogP contribution is 2.65. The number of ether oxygens (including phenoxy) is 1. The number of hydrogen-bond acceptors (Lipinski definition) is 5. The summed E-state index contributed by atoms with van der Waals surface area (Å²) in [6, 6.07) is 10.3. The molecule has 1 saturated heterocycles. The molecule has 2 aliphatic heterocycles. The first kappa shape index (κ1) is 21.0. The van der Waals surface area contributed by atoms with E-state index in [-0.39, 0.29) is 23.7 Å². The van der Waals surface area contributed by atoms with Gasteiger partial charge in [-0.2, -0.15) is 0 Å². The first-order valence-corrected chi connectivity index (χ1v) is 12.8. The topological polar surface area (TPSA) is 82.0 Å². The molecule has 3 aliphatic carbocycles. The number of halogens is 1. The van der Waals surface area contributed by atoms with Crippen LogP contribution in [0.3, 0.4) is 0 Å². The van der Waals surface area contributed by atoms with Crippen molar-refractivity contribution in [2.45, 2.75) is 67.7 Å². The van der Waals surface area contributed by atoms with E-state index in [1.54, 1.807) is 30.3 Å². The molecule has 1 spiro atoms. The lowest BCUT2D eigenvalue weighted by Gasteiger charge is -2.64. The van der Waals surface area contributed by atoms with Crippen molar-refractivity contribution in [1.29, 1.82) is 0 Å².